The van der Waals surface area contributed by atoms with E-state index in [2.05, 4.69) is 78.6 Å². The molecule has 0 N–H and O–H groups in total. The molecule has 0 spiro atoms. The number of hydrogen-bond donors (Lipinski definition) is 0. The van der Waals surface area contributed by atoms with Gasteiger partial charge >= 0.3 is 0 Å². The van der Waals surface area contributed by atoms with E-state index in [9.17, 15) is 0 Å². The molecule has 0 aliphatic carbocycles. The van der Waals surface area contributed by atoms with Crippen LogP contribution in [-0.4, -0.2) is 4.98 Å². The molecule has 0 saturated carbocycles. The van der Waals surface area contributed by atoms with Gasteiger partial charge in [0, 0.05) is 0 Å². The van der Waals surface area contributed by atoms with Crippen molar-refractivity contribution in [1.82, 2.24) is 4.98 Å². The van der Waals surface area contributed by atoms with Gasteiger partial charge in [0.25, 0.3) is 0 Å². The second kappa shape index (κ2) is 75.4. The Bertz CT molecular complexity index is 1000. The molecule has 0 aliphatic rings. The maximum atomic E-state index is 4.33. The molecule has 5 aromatic rings. The van der Waals surface area contributed by atoms with Gasteiger partial charge < -0.3 is 0 Å². The van der Waals surface area contributed by atoms with Crippen LogP contribution in [0.1, 0.15) is 164 Å². The van der Waals surface area contributed by atoms with Gasteiger partial charge in [0.1, 0.15) is 0 Å². The number of rotatable bonds is 0. The van der Waals surface area contributed by atoms with E-state index in [1.165, 1.54) is 21.0 Å². The molecule has 290 valence electrons. The highest BCUT2D eigenvalue weighted by Gasteiger charge is 1.95. The fourth-order valence-corrected chi connectivity index (χ4v) is 3.48. The Morgan fingerprint density at radius 2 is 0.612 bits per heavy atom. The van der Waals surface area contributed by atoms with E-state index in [0.29, 0.717) is 0 Å². The lowest BCUT2D eigenvalue weighted by atomic mass is 10.1. The van der Waals surface area contributed by atoms with Crippen LogP contribution in [0.15, 0.2) is 103 Å². The Kier molecular flexibility index (Phi) is 111. The van der Waals surface area contributed by atoms with Crippen molar-refractivity contribution in [2.45, 2.75) is 167 Å². The molecule has 0 radical (unpaired) electrons. The van der Waals surface area contributed by atoms with Gasteiger partial charge in [0.2, 0.25) is 0 Å². The molecule has 4 aromatic carbocycles. The van der Waals surface area contributed by atoms with Crippen LogP contribution in [0, 0.1) is 13.8 Å². The molecule has 0 saturated heterocycles. The minimum atomic E-state index is 0. The summed E-state index contributed by atoms with van der Waals surface area (Å²) in [6, 6.07) is 35.2. The molecule has 0 aliphatic heterocycles. The lowest BCUT2D eigenvalue weighted by molar-refractivity contribution is 1.35. The first kappa shape index (κ1) is 71.9. The molecule has 0 atom stereocenters. The maximum absolute atomic E-state index is 4.33. The van der Waals surface area contributed by atoms with Crippen molar-refractivity contribution in [2.24, 2.45) is 0 Å². The zero-order valence-electron chi connectivity index (χ0n) is 35.7. The van der Waals surface area contributed by atoms with Gasteiger partial charge in [-0.25, -0.2) is 4.98 Å². The summed E-state index contributed by atoms with van der Waals surface area (Å²) in [5, 5.41) is 3.76. The lowest BCUT2D eigenvalue weighted by Gasteiger charge is -1.92. The second-order valence-electron chi connectivity index (χ2n) is 6.20. The summed E-state index contributed by atoms with van der Waals surface area (Å²) < 4.78 is 1.28. The van der Waals surface area contributed by atoms with E-state index in [4.69, 9.17) is 0 Å². The Hall–Kier alpha value is -2.97. The summed E-state index contributed by atoms with van der Waals surface area (Å²) >= 11 is 1.74. The average Bonchev–Trinajstić information content (AvgIpc) is 3.60. The molecule has 0 amide bonds. The number of aromatic nitrogens is 1. The third-order valence-corrected chi connectivity index (χ3v) is 4.95. The van der Waals surface area contributed by atoms with Crippen molar-refractivity contribution in [3.8, 4) is 0 Å². The van der Waals surface area contributed by atoms with Crippen molar-refractivity contribution in [1.29, 1.82) is 0 Å². The normalized spacial score (nSPS) is 6.65. The second-order valence-corrected chi connectivity index (χ2v) is 7.44. The Morgan fingerprint density at radius 1 is 0.347 bits per heavy atom. The summed E-state index contributed by atoms with van der Waals surface area (Å²) in [5.41, 5.74) is 2.44. The van der Waals surface area contributed by atoms with Gasteiger partial charge in [-0.1, -0.05) is 250 Å². The fraction of sp³-hybridized carbons (Fsp3) is 0.511. The smallest absolute Gasteiger partial charge is 0.0907 e. The Labute approximate surface area is 317 Å². The summed E-state index contributed by atoms with van der Waals surface area (Å²) in [6.07, 6.45) is 0. The van der Waals surface area contributed by atoms with Crippen LogP contribution in [0.2, 0.25) is 0 Å². The van der Waals surface area contributed by atoms with Crippen molar-refractivity contribution in [3.05, 3.63) is 114 Å². The minimum absolute atomic E-state index is 0. The lowest BCUT2D eigenvalue weighted by Crippen LogP contribution is -1.67. The number of hydrogen-bond acceptors (Lipinski definition) is 2. The quantitative estimate of drug-likeness (QED) is 0.157. The largest absolute Gasteiger partial charge is 0.242 e. The van der Waals surface area contributed by atoms with Gasteiger partial charge in [-0.15, -0.1) is 11.3 Å². The van der Waals surface area contributed by atoms with Crippen LogP contribution in [0.5, 0.6) is 0 Å². The monoisotopic (exact) mass is 702 g/mol. The molecule has 0 bridgehead atoms. The molecule has 49 heavy (non-hydrogen) atoms. The Balaban J connectivity index is -0.0000000460. The van der Waals surface area contributed by atoms with E-state index in [1.807, 2.05) is 182 Å². The van der Waals surface area contributed by atoms with E-state index < -0.39 is 0 Å². The molecule has 5 rings (SSSR count). The maximum Gasteiger partial charge on any atom is 0.0907 e. The fourth-order valence-electron chi connectivity index (χ4n) is 2.65. The van der Waals surface area contributed by atoms with Gasteiger partial charge in [-0.3, -0.25) is 0 Å². The van der Waals surface area contributed by atoms with Crippen molar-refractivity contribution < 1.29 is 0 Å². The molecule has 1 heterocycles. The van der Waals surface area contributed by atoms with Crippen LogP contribution < -0.4 is 0 Å². The number of fused-ring (bicyclic) bond motifs is 2. The summed E-state index contributed by atoms with van der Waals surface area (Å²) in [7, 11) is 0. The van der Waals surface area contributed by atoms with Crippen molar-refractivity contribution >= 4 is 32.3 Å². The third kappa shape index (κ3) is 47.2. The highest BCUT2D eigenvalue weighted by molar-refractivity contribution is 7.18. The highest BCUT2D eigenvalue weighted by Crippen LogP contribution is 2.20. The van der Waals surface area contributed by atoms with Gasteiger partial charge in [-0.2, -0.15) is 0 Å². The predicted molar refractivity (Wildman–Crippen MR) is 246 cm³/mol. The third-order valence-electron chi connectivity index (χ3n) is 4.00. The summed E-state index contributed by atoms with van der Waals surface area (Å²) in [5.74, 6) is 0. The SMILES string of the molecule is C.C.CC.CC.CC.CC.CC.CC.CC.CC.CC.CC.Cc1ccccc1.Cc1nc2ccccc2s1.c1ccc2ccccc2c1. The molecule has 0 unspecified atom stereocenters. The number of benzene rings is 4. The predicted octanol–water partition coefficient (Wildman–Crippen LogP) is 19.0. The zero-order valence-corrected chi connectivity index (χ0v) is 36.5. The zero-order chi connectivity index (χ0) is 38.9. The highest BCUT2D eigenvalue weighted by atomic mass is 32.1. The number of para-hydroxylation sites is 1. The number of thiazole rings is 1. The van der Waals surface area contributed by atoms with Crippen LogP contribution in [0.25, 0.3) is 21.0 Å². The van der Waals surface area contributed by atoms with Crippen molar-refractivity contribution in [2.75, 3.05) is 0 Å². The van der Waals surface area contributed by atoms with E-state index in [1.54, 1.807) is 11.3 Å². The topological polar surface area (TPSA) is 12.9 Å². The molecule has 1 nitrogen and oxygen atoms in total. The summed E-state index contributed by atoms with van der Waals surface area (Å²) in [6.45, 7) is 44.1. The first-order valence-corrected chi connectivity index (χ1v) is 19.8. The molecular weight excluding hydrogens is 611 g/mol. The minimum Gasteiger partial charge on any atom is -0.242 e. The summed E-state index contributed by atoms with van der Waals surface area (Å²) in [4.78, 5) is 4.33. The Morgan fingerprint density at radius 3 is 0.878 bits per heavy atom. The van der Waals surface area contributed by atoms with Crippen LogP contribution in [0.4, 0.5) is 0 Å². The molecule has 0 fully saturated rings. The molecular formula is C47H91NS. The molecule has 2 heteroatoms. The number of aryl methyl sites for hydroxylation is 2. The van der Waals surface area contributed by atoms with Gasteiger partial charge in [0.15, 0.2) is 0 Å². The van der Waals surface area contributed by atoms with Crippen LogP contribution in [-0.2, 0) is 0 Å². The first-order chi connectivity index (χ1) is 23.2. The van der Waals surface area contributed by atoms with Crippen LogP contribution in [0.3, 0.4) is 0 Å². The van der Waals surface area contributed by atoms with Crippen molar-refractivity contribution in [3.63, 3.8) is 0 Å². The molecule has 1 aromatic heterocycles. The van der Waals surface area contributed by atoms with Crippen LogP contribution >= 0.6 is 11.3 Å². The van der Waals surface area contributed by atoms with E-state index in [-0.39, 0.29) is 14.9 Å². The van der Waals surface area contributed by atoms with Gasteiger partial charge in [-0.05, 0) is 36.8 Å². The number of nitrogens with zero attached hydrogens (tertiary/aromatic N) is 1. The van der Waals surface area contributed by atoms with E-state index in [0.717, 1.165) is 10.5 Å². The standard InChI is InChI=1S/C10H8.C8H7NS.C7H8.10C2H6.2CH4/c1-2-6-10-8-4-3-7-9(10)5-1;1-6-9-7-4-2-3-5-8(7)10-6;1-7-5-3-2-4-6-7;10*1-2;;/h1-8H;2-5H,1H3;2-6H,1H3;10*1-2H3;2*1H4. The first-order valence-electron chi connectivity index (χ1n) is 19.0. The average molecular weight is 702 g/mol. The van der Waals surface area contributed by atoms with Gasteiger partial charge in [0.05, 0.1) is 15.2 Å². The van der Waals surface area contributed by atoms with E-state index >= 15 is 0 Å².